The first-order valence-corrected chi connectivity index (χ1v) is 9.90. The van der Waals surface area contributed by atoms with Crippen LogP contribution in [0.25, 0.3) is 11.3 Å². The van der Waals surface area contributed by atoms with Crippen LogP contribution in [0.15, 0.2) is 48.8 Å². The smallest absolute Gasteiger partial charge is 0.258 e. The van der Waals surface area contributed by atoms with Crippen LogP contribution < -0.4 is 20.1 Å². The topological polar surface area (TPSA) is 89.6 Å². The molecule has 1 aromatic carbocycles. The number of nitrogens with two attached hydrogens (primary N) is 1. The van der Waals surface area contributed by atoms with Crippen LogP contribution in [0.2, 0.25) is 0 Å². The molecule has 0 unspecified atom stereocenters. The van der Waals surface area contributed by atoms with E-state index in [1.807, 2.05) is 12.1 Å². The van der Waals surface area contributed by atoms with Gasteiger partial charge >= 0.3 is 0 Å². The van der Waals surface area contributed by atoms with E-state index in [4.69, 9.17) is 15.2 Å². The molecule has 0 bridgehead atoms. The highest BCUT2D eigenvalue weighted by Gasteiger charge is 2.15. The lowest BCUT2D eigenvalue weighted by molar-refractivity contribution is 0.293. The van der Waals surface area contributed by atoms with Gasteiger partial charge in [-0.15, -0.1) is 0 Å². The molecule has 1 saturated heterocycles. The highest BCUT2D eigenvalue weighted by molar-refractivity contribution is 5.64. The third-order valence-corrected chi connectivity index (χ3v) is 5.18. The fourth-order valence-electron chi connectivity index (χ4n) is 3.34. The molecule has 3 aromatic rings. The second-order valence-corrected chi connectivity index (χ2v) is 7.28. The van der Waals surface area contributed by atoms with Crippen molar-refractivity contribution in [1.29, 1.82) is 0 Å². The van der Waals surface area contributed by atoms with Crippen LogP contribution >= 0.6 is 0 Å². The van der Waals surface area contributed by atoms with Crippen LogP contribution in [0.5, 0.6) is 11.8 Å². The Hall–Kier alpha value is -3.39. The second-order valence-electron chi connectivity index (χ2n) is 7.28. The van der Waals surface area contributed by atoms with Gasteiger partial charge in [0.15, 0.2) is 5.82 Å². The van der Waals surface area contributed by atoms with Gasteiger partial charge in [0.05, 0.1) is 19.0 Å². The molecule has 1 aliphatic heterocycles. The van der Waals surface area contributed by atoms with Crippen molar-refractivity contribution in [3.63, 3.8) is 0 Å². The minimum Gasteiger partial charge on any atom is -0.481 e. The quantitative estimate of drug-likeness (QED) is 0.668. The summed E-state index contributed by atoms with van der Waals surface area (Å²) in [5.74, 6) is 1.10. The van der Waals surface area contributed by atoms with Gasteiger partial charge in [0.1, 0.15) is 6.61 Å². The molecule has 0 atom stereocenters. The van der Waals surface area contributed by atoms with Crippen molar-refractivity contribution in [2.75, 3.05) is 51.0 Å². The zero-order valence-electron chi connectivity index (χ0n) is 17.3. The molecule has 8 nitrogen and oxygen atoms in total. The average molecular weight is 406 g/mol. The zero-order valence-corrected chi connectivity index (χ0v) is 17.3. The number of piperazine rings is 1. The largest absolute Gasteiger partial charge is 0.481 e. The lowest BCUT2D eigenvalue weighted by atomic mass is 10.1. The van der Waals surface area contributed by atoms with Crippen LogP contribution in [0, 0.1) is 0 Å². The summed E-state index contributed by atoms with van der Waals surface area (Å²) in [5.41, 5.74) is 9.79. The monoisotopic (exact) mass is 406 g/mol. The summed E-state index contributed by atoms with van der Waals surface area (Å²) in [6, 6.07) is 12.0. The lowest BCUT2D eigenvalue weighted by Gasteiger charge is -2.34. The minimum absolute atomic E-state index is 0.258. The normalized spacial score (nSPS) is 14.5. The third-order valence-electron chi connectivity index (χ3n) is 5.18. The van der Waals surface area contributed by atoms with E-state index in [0.29, 0.717) is 18.4 Å². The highest BCUT2D eigenvalue weighted by atomic mass is 16.5. The number of benzene rings is 1. The van der Waals surface area contributed by atoms with Gasteiger partial charge in [-0.2, -0.15) is 0 Å². The molecule has 2 aromatic heterocycles. The molecule has 4 rings (SSSR count). The summed E-state index contributed by atoms with van der Waals surface area (Å²) < 4.78 is 11.0. The number of rotatable bonds is 6. The molecule has 0 radical (unpaired) electrons. The van der Waals surface area contributed by atoms with Gasteiger partial charge in [0.2, 0.25) is 5.88 Å². The number of nitrogens with zero attached hydrogens (tertiary/aromatic N) is 5. The molecular formula is C22H26N6O2. The number of ether oxygens (including phenoxy) is 2. The van der Waals surface area contributed by atoms with Crippen LogP contribution in [0.4, 0.5) is 11.5 Å². The van der Waals surface area contributed by atoms with Crippen LogP contribution in [-0.4, -0.2) is 60.2 Å². The summed E-state index contributed by atoms with van der Waals surface area (Å²) in [4.78, 5) is 17.7. The number of methoxy groups -OCH3 is 1. The predicted molar refractivity (Wildman–Crippen MR) is 117 cm³/mol. The summed E-state index contributed by atoms with van der Waals surface area (Å²) in [7, 11) is 3.74. The Bertz CT molecular complexity index is 987. The average Bonchev–Trinajstić information content (AvgIpc) is 2.79. The Morgan fingerprint density at radius 3 is 2.53 bits per heavy atom. The Morgan fingerprint density at radius 2 is 1.80 bits per heavy atom. The minimum atomic E-state index is 0.258. The summed E-state index contributed by atoms with van der Waals surface area (Å²) >= 11 is 0. The Kier molecular flexibility index (Phi) is 5.94. The second kappa shape index (κ2) is 8.96. The van der Waals surface area contributed by atoms with E-state index in [-0.39, 0.29) is 5.82 Å². The number of pyridine rings is 1. The summed E-state index contributed by atoms with van der Waals surface area (Å²) in [6.45, 7) is 4.53. The first-order valence-electron chi connectivity index (χ1n) is 9.90. The van der Waals surface area contributed by atoms with Gasteiger partial charge in [-0.3, -0.25) is 0 Å². The summed E-state index contributed by atoms with van der Waals surface area (Å²) in [6.07, 6.45) is 3.34. The molecule has 2 N–H and O–H groups in total. The van der Waals surface area contributed by atoms with Crippen molar-refractivity contribution in [3.05, 3.63) is 54.4 Å². The van der Waals surface area contributed by atoms with Crippen molar-refractivity contribution in [2.45, 2.75) is 6.61 Å². The molecule has 0 saturated carbocycles. The van der Waals surface area contributed by atoms with Crippen molar-refractivity contribution >= 4 is 11.5 Å². The Balaban J connectivity index is 1.47. The van der Waals surface area contributed by atoms with E-state index in [1.54, 1.807) is 19.5 Å². The SMILES string of the molecule is COc1cc(COc2nc(-c3ccc(N4CCN(C)CC4)cc3)cnc2N)ccn1. The highest BCUT2D eigenvalue weighted by Crippen LogP contribution is 2.26. The molecule has 0 aliphatic carbocycles. The third kappa shape index (κ3) is 4.60. The first-order chi connectivity index (χ1) is 14.6. The predicted octanol–water partition coefficient (Wildman–Crippen LogP) is 2.46. The molecule has 30 heavy (non-hydrogen) atoms. The fraction of sp³-hybridized carbons (Fsp3) is 0.318. The van der Waals surface area contributed by atoms with E-state index < -0.39 is 0 Å². The number of aromatic nitrogens is 3. The molecular weight excluding hydrogens is 380 g/mol. The summed E-state index contributed by atoms with van der Waals surface area (Å²) in [5, 5.41) is 0. The van der Waals surface area contributed by atoms with Crippen molar-refractivity contribution in [3.8, 4) is 23.0 Å². The molecule has 0 amide bonds. The van der Waals surface area contributed by atoms with Crippen molar-refractivity contribution < 1.29 is 9.47 Å². The van der Waals surface area contributed by atoms with Gasteiger partial charge in [-0.25, -0.2) is 15.0 Å². The van der Waals surface area contributed by atoms with Crippen LogP contribution in [-0.2, 0) is 6.61 Å². The number of likely N-dealkylation sites (N-methyl/N-ethyl adjacent to an activating group) is 1. The molecule has 3 heterocycles. The van der Waals surface area contributed by atoms with Gasteiger partial charge in [-0.05, 0) is 30.8 Å². The number of anilines is 2. The molecule has 156 valence electrons. The first kappa shape index (κ1) is 19.9. The fourth-order valence-corrected chi connectivity index (χ4v) is 3.34. The van der Waals surface area contributed by atoms with E-state index in [9.17, 15) is 0 Å². The standard InChI is InChI=1S/C22H26N6O2/c1-27-9-11-28(12-10-27)18-5-3-17(4-6-18)19-14-25-21(23)22(26-19)30-15-16-7-8-24-20(13-16)29-2/h3-8,13-14H,9-12,15H2,1-2H3,(H2,23,25). The van der Waals surface area contributed by atoms with Gasteiger partial charge in [-0.1, -0.05) is 12.1 Å². The van der Waals surface area contributed by atoms with E-state index >= 15 is 0 Å². The maximum absolute atomic E-state index is 5.97. The number of hydrogen-bond donors (Lipinski definition) is 1. The van der Waals surface area contributed by atoms with E-state index in [2.05, 4.69) is 56.1 Å². The van der Waals surface area contributed by atoms with Gasteiger partial charge in [0, 0.05) is 49.7 Å². The zero-order chi connectivity index (χ0) is 20.9. The Labute approximate surface area is 176 Å². The number of nitrogen functional groups attached to an aromatic ring is 1. The number of hydrogen-bond acceptors (Lipinski definition) is 8. The maximum atomic E-state index is 5.97. The molecule has 8 heteroatoms. The molecule has 1 fully saturated rings. The van der Waals surface area contributed by atoms with Gasteiger partial charge < -0.3 is 25.0 Å². The van der Waals surface area contributed by atoms with E-state index in [0.717, 1.165) is 43.0 Å². The van der Waals surface area contributed by atoms with Gasteiger partial charge in [0.25, 0.3) is 5.88 Å². The van der Waals surface area contributed by atoms with Crippen molar-refractivity contribution in [2.24, 2.45) is 0 Å². The van der Waals surface area contributed by atoms with Crippen molar-refractivity contribution in [1.82, 2.24) is 19.9 Å². The van der Waals surface area contributed by atoms with E-state index in [1.165, 1.54) is 5.69 Å². The molecule has 0 spiro atoms. The van der Waals surface area contributed by atoms with Crippen LogP contribution in [0.3, 0.4) is 0 Å². The lowest BCUT2D eigenvalue weighted by Crippen LogP contribution is -2.44. The maximum Gasteiger partial charge on any atom is 0.258 e. The van der Waals surface area contributed by atoms with Crippen LogP contribution in [0.1, 0.15) is 5.56 Å². The Morgan fingerprint density at radius 1 is 1.03 bits per heavy atom. The molecule has 1 aliphatic rings.